The first kappa shape index (κ1) is 20.7. The maximum Gasteiger partial charge on any atom is 0.317 e. The Hall–Kier alpha value is -2.37. The number of carbonyl (C=O) groups excluding carboxylic acids is 1. The Morgan fingerprint density at radius 2 is 1.80 bits per heavy atom. The zero-order valence-electron chi connectivity index (χ0n) is 14.1. The Morgan fingerprint density at radius 3 is 2.44 bits per heavy atom. The van der Waals surface area contributed by atoms with E-state index >= 15 is 0 Å². The number of para-hydroxylation sites is 1. The minimum absolute atomic E-state index is 0. The molecule has 0 aliphatic carbocycles. The highest BCUT2D eigenvalue weighted by molar-refractivity contribution is 6.04. The summed E-state index contributed by atoms with van der Waals surface area (Å²) in [6, 6.07) is 16.6. The van der Waals surface area contributed by atoms with E-state index in [0.717, 1.165) is 17.7 Å². The predicted molar refractivity (Wildman–Crippen MR) is 101 cm³/mol. The molecule has 0 aliphatic rings. The van der Waals surface area contributed by atoms with Crippen molar-refractivity contribution >= 4 is 30.0 Å². The van der Waals surface area contributed by atoms with E-state index in [0.29, 0.717) is 18.7 Å². The fourth-order valence-corrected chi connectivity index (χ4v) is 2.52. The number of carbonyl (C=O) groups is 2. The molecular formula is C19H23ClN2O3. The number of anilines is 1. The van der Waals surface area contributed by atoms with Crippen LogP contribution in [0.4, 0.5) is 5.69 Å². The number of carboxylic acids is 1. The van der Waals surface area contributed by atoms with Gasteiger partial charge in [0.2, 0.25) is 0 Å². The number of benzene rings is 2. The molecule has 2 N–H and O–H groups in total. The third-order valence-corrected chi connectivity index (χ3v) is 3.53. The molecule has 0 unspecified atom stereocenters. The summed E-state index contributed by atoms with van der Waals surface area (Å²) < 4.78 is 0. The number of carboxylic acid groups (broad SMARTS) is 1. The molecule has 0 aliphatic heterocycles. The number of hydrogen-bond acceptors (Lipinski definition) is 3. The van der Waals surface area contributed by atoms with E-state index in [-0.39, 0.29) is 24.9 Å². The number of rotatable bonds is 8. The standard InChI is InChI=1S/C19H22N2O3.ClH/c1-2-11-21(14-18(22)23)13-15-7-6-8-16(12-15)19(24)20-17-9-4-3-5-10-17;/h3-10,12H,2,11,13-14H2,1H3,(H,20,24)(H,22,23);1H. The quantitative estimate of drug-likeness (QED) is 0.752. The summed E-state index contributed by atoms with van der Waals surface area (Å²) in [6.07, 6.45) is 0.876. The summed E-state index contributed by atoms with van der Waals surface area (Å²) in [5.74, 6) is -1.02. The van der Waals surface area contributed by atoms with Gasteiger partial charge >= 0.3 is 5.97 Å². The molecule has 0 fully saturated rings. The Balaban J connectivity index is 0.00000312. The van der Waals surface area contributed by atoms with Gasteiger partial charge in [0, 0.05) is 17.8 Å². The van der Waals surface area contributed by atoms with E-state index in [9.17, 15) is 9.59 Å². The van der Waals surface area contributed by atoms with Gasteiger partial charge in [-0.15, -0.1) is 12.4 Å². The molecule has 0 aromatic heterocycles. The average Bonchev–Trinajstić information content (AvgIpc) is 2.55. The summed E-state index contributed by atoms with van der Waals surface area (Å²) in [5.41, 5.74) is 2.22. The zero-order chi connectivity index (χ0) is 17.4. The highest BCUT2D eigenvalue weighted by atomic mass is 35.5. The Bertz CT molecular complexity index is 692. The molecule has 134 valence electrons. The molecule has 0 saturated carbocycles. The zero-order valence-corrected chi connectivity index (χ0v) is 15.0. The third kappa shape index (κ3) is 6.95. The van der Waals surface area contributed by atoms with Gasteiger partial charge in [-0.25, -0.2) is 0 Å². The first-order chi connectivity index (χ1) is 11.6. The summed E-state index contributed by atoms with van der Waals surface area (Å²) in [4.78, 5) is 25.1. The minimum atomic E-state index is -0.846. The second kappa shape index (κ2) is 10.5. The monoisotopic (exact) mass is 362 g/mol. The van der Waals surface area contributed by atoms with E-state index in [1.807, 2.05) is 60.4 Å². The minimum Gasteiger partial charge on any atom is -0.480 e. The van der Waals surface area contributed by atoms with Gasteiger partial charge in [0.05, 0.1) is 6.54 Å². The molecule has 0 heterocycles. The Labute approximate surface area is 154 Å². The summed E-state index contributed by atoms with van der Waals surface area (Å²) >= 11 is 0. The summed E-state index contributed by atoms with van der Waals surface area (Å²) in [5, 5.41) is 11.8. The normalized spacial score (nSPS) is 10.2. The lowest BCUT2D eigenvalue weighted by Crippen LogP contribution is -2.30. The van der Waals surface area contributed by atoms with Gasteiger partial charge in [0.15, 0.2) is 0 Å². The van der Waals surface area contributed by atoms with Crippen molar-refractivity contribution in [1.82, 2.24) is 4.90 Å². The van der Waals surface area contributed by atoms with Crippen LogP contribution in [0.25, 0.3) is 0 Å². The lowest BCUT2D eigenvalue weighted by molar-refractivity contribution is -0.138. The van der Waals surface area contributed by atoms with Crippen LogP contribution in [0, 0.1) is 0 Å². The van der Waals surface area contributed by atoms with Crippen molar-refractivity contribution in [2.24, 2.45) is 0 Å². The van der Waals surface area contributed by atoms with Crippen LogP contribution in [0.5, 0.6) is 0 Å². The summed E-state index contributed by atoms with van der Waals surface area (Å²) in [7, 11) is 0. The highest BCUT2D eigenvalue weighted by Gasteiger charge is 2.11. The van der Waals surface area contributed by atoms with Crippen LogP contribution in [0.3, 0.4) is 0 Å². The lowest BCUT2D eigenvalue weighted by atomic mass is 10.1. The van der Waals surface area contributed by atoms with Crippen LogP contribution in [-0.4, -0.2) is 35.0 Å². The fraction of sp³-hybridized carbons (Fsp3) is 0.263. The van der Waals surface area contributed by atoms with Gasteiger partial charge in [0.25, 0.3) is 5.91 Å². The topological polar surface area (TPSA) is 69.6 Å². The molecule has 5 nitrogen and oxygen atoms in total. The SMILES string of the molecule is CCCN(CC(=O)O)Cc1cccc(C(=O)Nc2ccccc2)c1.Cl. The number of halogens is 1. The molecule has 1 amide bonds. The molecule has 0 bridgehead atoms. The third-order valence-electron chi connectivity index (χ3n) is 3.53. The predicted octanol–water partition coefficient (Wildman–Crippen LogP) is 3.66. The van der Waals surface area contributed by atoms with E-state index in [1.165, 1.54) is 0 Å². The number of aliphatic carboxylic acids is 1. The van der Waals surface area contributed by atoms with Gasteiger partial charge in [-0.1, -0.05) is 37.3 Å². The molecule has 0 spiro atoms. The van der Waals surface area contributed by atoms with Crippen molar-refractivity contribution in [2.45, 2.75) is 19.9 Å². The molecule has 0 radical (unpaired) electrons. The van der Waals surface area contributed by atoms with Gasteiger partial charge in [-0.3, -0.25) is 14.5 Å². The van der Waals surface area contributed by atoms with Crippen molar-refractivity contribution in [3.05, 3.63) is 65.7 Å². The fourth-order valence-electron chi connectivity index (χ4n) is 2.52. The van der Waals surface area contributed by atoms with Crippen LogP contribution in [0.15, 0.2) is 54.6 Å². The van der Waals surface area contributed by atoms with Crippen molar-refractivity contribution in [2.75, 3.05) is 18.4 Å². The number of nitrogens with zero attached hydrogens (tertiary/aromatic N) is 1. The van der Waals surface area contributed by atoms with Crippen LogP contribution in [0.1, 0.15) is 29.3 Å². The molecule has 2 rings (SSSR count). The van der Waals surface area contributed by atoms with E-state index in [1.54, 1.807) is 6.07 Å². The van der Waals surface area contributed by atoms with Gasteiger partial charge in [-0.05, 0) is 42.8 Å². The van der Waals surface area contributed by atoms with Crippen molar-refractivity contribution < 1.29 is 14.7 Å². The molecular weight excluding hydrogens is 340 g/mol. The molecule has 2 aromatic rings. The van der Waals surface area contributed by atoms with Gasteiger partial charge in [0.1, 0.15) is 0 Å². The molecule has 0 atom stereocenters. The van der Waals surface area contributed by atoms with Crippen LogP contribution in [0.2, 0.25) is 0 Å². The highest BCUT2D eigenvalue weighted by Crippen LogP contribution is 2.12. The van der Waals surface area contributed by atoms with Crippen LogP contribution in [-0.2, 0) is 11.3 Å². The van der Waals surface area contributed by atoms with E-state index < -0.39 is 5.97 Å². The number of amides is 1. The van der Waals surface area contributed by atoms with Crippen molar-refractivity contribution in [3.8, 4) is 0 Å². The van der Waals surface area contributed by atoms with Crippen molar-refractivity contribution in [3.63, 3.8) is 0 Å². The molecule has 25 heavy (non-hydrogen) atoms. The lowest BCUT2D eigenvalue weighted by Gasteiger charge is -2.19. The van der Waals surface area contributed by atoms with Crippen LogP contribution < -0.4 is 5.32 Å². The van der Waals surface area contributed by atoms with E-state index in [2.05, 4.69) is 5.32 Å². The largest absolute Gasteiger partial charge is 0.480 e. The van der Waals surface area contributed by atoms with Gasteiger partial charge < -0.3 is 10.4 Å². The molecule has 0 saturated heterocycles. The smallest absolute Gasteiger partial charge is 0.317 e. The maximum atomic E-state index is 12.3. The van der Waals surface area contributed by atoms with Crippen molar-refractivity contribution in [1.29, 1.82) is 0 Å². The van der Waals surface area contributed by atoms with E-state index in [4.69, 9.17) is 5.11 Å². The van der Waals surface area contributed by atoms with Gasteiger partial charge in [-0.2, -0.15) is 0 Å². The second-order valence-electron chi connectivity index (χ2n) is 5.62. The first-order valence-electron chi connectivity index (χ1n) is 7.98. The Kier molecular flexibility index (Phi) is 8.67. The maximum absolute atomic E-state index is 12.3. The summed E-state index contributed by atoms with van der Waals surface area (Å²) in [6.45, 7) is 3.21. The number of hydrogen-bond donors (Lipinski definition) is 2. The first-order valence-corrected chi connectivity index (χ1v) is 7.98. The molecule has 2 aromatic carbocycles. The van der Waals surface area contributed by atoms with Crippen LogP contribution >= 0.6 is 12.4 Å². The number of nitrogens with one attached hydrogen (secondary N) is 1. The Morgan fingerprint density at radius 1 is 1.08 bits per heavy atom. The molecule has 6 heteroatoms. The average molecular weight is 363 g/mol. The second-order valence-corrected chi connectivity index (χ2v) is 5.62.